The molecule has 3 unspecified atom stereocenters. The Morgan fingerprint density at radius 2 is 1.88 bits per heavy atom. The van der Waals surface area contributed by atoms with Gasteiger partial charge in [-0.25, -0.2) is 0 Å². The van der Waals surface area contributed by atoms with Crippen LogP contribution >= 0.6 is 0 Å². The second-order valence-electron chi connectivity index (χ2n) is 5.47. The Hall–Kier alpha value is -0.120. The Morgan fingerprint density at radius 3 is 2.44 bits per heavy atom. The average Bonchev–Trinajstić information content (AvgIpc) is 2.16. The van der Waals surface area contributed by atoms with Gasteiger partial charge in [-0.1, -0.05) is 13.8 Å². The van der Waals surface area contributed by atoms with E-state index in [4.69, 9.17) is 4.74 Å². The highest BCUT2D eigenvalue weighted by Crippen LogP contribution is 2.28. The van der Waals surface area contributed by atoms with Crippen LogP contribution in [0.4, 0.5) is 0 Å². The molecule has 1 rings (SSSR count). The standard InChI is InChI=1S/C13H27NO2/c1-10-6-11(2)8-12(7-10)14-5-4-13(15)9-16-3/h10-15H,4-9H2,1-3H3. The van der Waals surface area contributed by atoms with Gasteiger partial charge in [-0.05, 0) is 44.1 Å². The van der Waals surface area contributed by atoms with Gasteiger partial charge in [0.05, 0.1) is 12.7 Å². The molecule has 0 amide bonds. The third-order valence-corrected chi connectivity index (χ3v) is 3.45. The molecule has 3 heteroatoms. The Kier molecular flexibility index (Phi) is 6.32. The fourth-order valence-electron chi connectivity index (χ4n) is 2.84. The zero-order valence-electron chi connectivity index (χ0n) is 10.9. The predicted octanol–water partition coefficient (Wildman–Crippen LogP) is 1.80. The molecule has 16 heavy (non-hydrogen) atoms. The minimum Gasteiger partial charge on any atom is -0.391 e. The van der Waals surface area contributed by atoms with Crippen molar-refractivity contribution in [2.45, 2.75) is 51.7 Å². The van der Waals surface area contributed by atoms with E-state index in [0.29, 0.717) is 12.6 Å². The van der Waals surface area contributed by atoms with Gasteiger partial charge in [0.2, 0.25) is 0 Å². The number of aliphatic hydroxyl groups excluding tert-OH is 1. The van der Waals surface area contributed by atoms with Gasteiger partial charge in [0.1, 0.15) is 0 Å². The van der Waals surface area contributed by atoms with Crippen LogP contribution in [0.2, 0.25) is 0 Å². The van der Waals surface area contributed by atoms with Crippen LogP contribution in [-0.4, -0.2) is 37.5 Å². The van der Waals surface area contributed by atoms with Crippen LogP contribution in [0.5, 0.6) is 0 Å². The minimum atomic E-state index is -0.323. The van der Waals surface area contributed by atoms with E-state index in [1.165, 1.54) is 19.3 Å². The molecule has 2 N–H and O–H groups in total. The first-order valence-corrected chi connectivity index (χ1v) is 6.52. The van der Waals surface area contributed by atoms with Crippen molar-refractivity contribution < 1.29 is 9.84 Å². The molecule has 0 heterocycles. The first-order valence-electron chi connectivity index (χ1n) is 6.52. The van der Waals surface area contributed by atoms with E-state index < -0.39 is 0 Å². The summed E-state index contributed by atoms with van der Waals surface area (Å²) in [6.45, 7) is 6.02. The van der Waals surface area contributed by atoms with Crippen LogP contribution in [0.25, 0.3) is 0 Å². The highest BCUT2D eigenvalue weighted by Gasteiger charge is 2.23. The van der Waals surface area contributed by atoms with Crippen LogP contribution in [0, 0.1) is 11.8 Å². The zero-order chi connectivity index (χ0) is 12.0. The van der Waals surface area contributed by atoms with Crippen molar-refractivity contribution in [2.75, 3.05) is 20.3 Å². The maximum absolute atomic E-state index is 9.52. The Bertz CT molecular complexity index is 177. The van der Waals surface area contributed by atoms with Crippen molar-refractivity contribution in [1.29, 1.82) is 0 Å². The average molecular weight is 229 g/mol. The molecule has 3 atom stereocenters. The molecule has 0 aromatic rings. The van der Waals surface area contributed by atoms with Crippen molar-refractivity contribution >= 4 is 0 Å². The lowest BCUT2D eigenvalue weighted by Gasteiger charge is -2.32. The molecular formula is C13H27NO2. The highest BCUT2D eigenvalue weighted by atomic mass is 16.5. The van der Waals surface area contributed by atoms with E-state index in [9.17, 15) is 5.11 Å². The molecule has 0 bridgehead atoms. The maximum Gasteiger partial charge on any atom is 0.0785 e. The lowest BCUT2D eigenvalue weighted by molar-refractivity contribution is 0.0583. The topological polar surface area (TPSA) is 41.5 Å². The molecule has 0 spiro atoms. The number of nitrogens with one attached hydrogen (secondary N) is 1. The highest BCUT2D eigenvalue weighted by molar-refractivity contribution is 4.79. The second kappa shape index (κ2) is 7.25. The lowest BCUT2D eigenvalue weighted by atomic mass is 9.80. The summed E-state index contributed by atoms with van der Waals surface area (Å²) in [5.74, 6) is 1.68. The minimum absolute atomic E-state index is 0.323. The van der Waals surface area contributed by atoms with Crippen molar-refractivity contribution in [1.82, 2.24) is 5.32 Å². The van der Waals surface area contributed by atoms with Gasteiger partial charge in [0, 0.05) is 13.2 Å². The van der Waals surface area contributed by atoms with Gasteiger partial charge < -0.3 is 15.2 Å². The number of ether oxygens (including phenoxy) is 1. The summed E-state index contributed by atoms with van der Waals surface area (Å²) in [6.07, 6.45) is 4.39. The molecule has 0 saturated heterocycles. The normalized spacial score (nSPS) is 32.6. The van der Waals surface area contributed by atoms with Gasteiger partial charge in [0.15, 0.2) is 0 Å². The fraction of sp³-hybridized carbons (Fsp3) is 1.00. The number of hydrogen-bond acceptors (Lipinski definition) is 3. The summed E-state index contributed by atoms with van der Waals surface area (Å²) in [7, 11) is 1.63. The summed E-state index contributed by atoms with van der Waals surface area (Å²) in [5.41, 5.74) is 0. The van der Waals surface area contributed by atoms with Gasteiger partial charge in [-0.3, -0.25) is 0 Å². The molecule has 1 aliphatic carbocycles. The third-order valence-electron chi connectivity index (χ3n) is 3.45. The summed E-state index contributed by atoms with van der Waals surface area (Å²) >= 11 is 0. The summed E-state index contributed by atoms with van der Waals surface area (Å²) in [4.78, 5) is 0. The Morgan fingerprint density at radius 1 is 1.25 bits per heavy atom. The van der Waals surface area contributed by atoms with E-state index in [0.717, 1.165) is 24.8 Å². The third kappa shape index (κ3) is 5.28. The molecule has 0 aromatic heterocycles. The maximum atomic E-state index is 9.52. The van der Waals surface area contributed by atoms with Crippen LogP contribution < -0.4 is 5.32 Å². The molecule has 0 aromatic carbocycles. The van der Waals surface area contributed by atoms with Gasteiger partial charge >= 0.3 is 0 Å². The Balaban J connectivity index is 2.12. The van der Waals surface area contributed by atoms with E-state index in [1.54, 1.807) is 7.11 Å². The quantitative estimate of drug-likeness (QED) is 0.730. The molecule has 3 nitrogen and oxygen atoms in total. The van der Waals surface area contributed by atoms with Crippen molar-refractivity contribution in [3.63, 3.8) is 0 Å². The van der Waals surface area contributed by atoms with Gasteiger partial charge in [0.25, 0.3) is 0 Å². The number of hydrogen-bond donors (Lipinski definition) is 2. The van der Waals surface area contributed by atoms with Crippen molar-refractivity contribution in [3.05, 3.63) is 0 Å². The zero-order valence-corrected chi connectivity index (χ0v) is 10.9. The predicted molar refractivity (Wildman–Crippen MR) is 66.5 cm³/mol. The first-order chi connectivity index (χ1) is 7.61. The molecule has 1 fully saturated rings. The molecule has 96 valence electrons. The van der Waals surface area contributed by atoms with Crippen LogP contribution in [0.15, 0.2) is 0 Å². The van der Waals surface area contributed by atoms with E-state index in [2.05, 4.69) is 19.2 Å². The summed E-state index contributed by atoms with van der Waals surface area (Å²) < 4.78 is 4.90. The number of rotatable bonds is 6. The molecule has 1 aliphatic rings. The second-order valence-corrected chi connectivity index (χ2v) is 5.47. The largest absolute Gasteiger partial charge is 0.391 e. The van der Waals surface area contributed by atoms with Crippen molar-refractivity contribution in [3.8, 4) is 0 Å². The van der Waals surface area contributed by atoms with Crippen LogP contribution in [0.3, 0.4) is 0 Å². The van der Waals surface area contributed by atoms with Crippen molar-refractivity contribution in [2.24, 2.45) is 11.8 Å². The van der Waals surface area contributed by atoms with E-state index in [1.807, 2.05) is 0 Å². The first kappa shape index (κ1) is 13.9. The smallest absolute Gasteiger partial charge is 0.0785 e. The number of methoxy groups -OCH3 is 1. The number of aliphatic hydroxyl groups is 1. The summed E-state index contributed by atoms with van der Waals surface area (Å²) in [5, 5.41) is 13.1. The molecule has 1 saturated carbocycles. The van der Waals surface area contributed by atoms with Crippen LogP contribution in [-0.2, 0) is 4.74 Å². The van der Waals surface area contributed by atoms with E-state index in [-0.39, 0.29) is 6.10 Å². The molecule has 0 radical (unpaired) electrons. The lowest BCUT2D eigenvalue weighted by Crippen LogP contribution is -2.38. The summed E-state index contributed by atoms with van der Waals surface area (Å²) in [6, 6.07) is 0.647. The Labute approximate surface area is 99.6 Å². The molecule has 0 aliphatic heterocycles. The van der Waals surface area contributed by atoms with Crippen LogP contribution in [0.1, 0.15) is 39.5 Å². The van der Waals surface area contributed by atoms with Gasteiger partial charge in [-0.15, -0.1) is 0 Å². The van der Waals surface area contributed by atoms with E-state index >= 15 is 0 Å². The monoisotopic (exact) mass is 229 g/mol. The molecular weight excluding hydrogens is 202 g/mol. The van der Waals surface area contributed by atoms with Gasteiger partial charge in [-0.2, -0.15) is 0 Å². The SMILES string of the molecule is COCC(O)CCNC1CC(C)CC(C)C1. The fourth-order valence-corrected chi connectivity index (χ4v) is 2.84.